The molecule has 0 saturated heterocycles. The number of unbranched alkanes of at least 4 members (excludes halogenated alkanes) is 8. The molecule has 318 valence electrons. The van der Waals surface area contributed by atoms with Gasteiger partial charge in [0.05, 0.1) is 34.5 Å². The summed E-state index contributed by atoms with van der Waals surface area (Å²) in [7, 11) is -9.86. The summed E-state index contributed by atoms with van der Waals surface area (Å²) < 4.78 is 79.8. The Balaban J connectivity index is 0.863. The summed E-state index contributed by atoms with van der Waals surface area (Å²) in [5.74, 6) is 0.500. The molecular formula is C42H41N7O10S2-2. The van der Waals surface area contributed by atoms with Gasteiger partial charge in [-0.1, -0.05) is 74.4 Å². The van der Waals surface area contributed by atoms with E-state index in [1.54, 1.807) is 69.9 Å². The maximum absolute atomic E-state index is 13.7. The third-order valence-corrected chi connectivity index (χ3v) is 10.8. The van der Waals surface area contributed by atoms with E-state index < -0.39 is 20.8 Å². The zero-order valence-corrected chi connectivity index (χ0v) is 34.5. The molecule has 0 amide bonds. The monoisotopic (exact) mass is 867 g/mol. The fraction of sp³-hybridized carbons (Fsp3) is 0.286. The zero-order valence-electron chi connectivity index (χ0n) is 32.8. The first kappa shape index (κ1) is 42.8. The van der Waals surface area contributed by atoms with Crippen LogP contribution in [-0.4, -0.2) is 60.0 Å². The van der Waals surface area contributed by atoms with Crippen LogP contribution in [0.25, 0.3) is 44.6 Å². The Morgan fingerprint density at radius 3 is 1.44 bits per heavy atom. The lowest BCUT2D eigenvalue weighted by molar-refractivity contribution is 0.370. The van der Waals surface area contributed by atoms with E-state index in [1.807, 2.05) is 6.20 Å². The van der Waals surface area contributed by atoms with Gasteiger partial charge in [-0.3, -0.25) is 23.4 Å². The molecule has 0 atom stereocenters. The highest BCUT2D eigenvalue weighted by Crippen LogP contribution is 2.25. The number of hydrogen-bond donors (Lipinski definition) is 0. The lowest BCUT2D eigenvalue weighted by Gasteiger charge is -2.14. The van der Waals surface area contributed by atoms with Crippen LogP contribution >= 0.6 is 0 Å². The Labute approximate surface area is 351 Å². The van der Waals surface area contributed by atoms with Crippen molar-refractivity contribution in [3.8, 4) is 34.3 Å². The number of benzene rings is 4. The van der Waals surface area contributed by atoms with Gasteiger partial charge >= 0.3 is 0 Å². The minimum absolute atomic E-state index is 0.0973. The van der Waals surface area contributed by atoms with Crippen molar-refractivity contribution in [3.05, 3.63) is 130 Å². The minimum Gasteiger partial charge on any atom is -0.716 e. The zero-order chi connectivity index (χ0) is 43.0. The van der Waals surface area contributed by atoms with Crippen LogP contribution in [0.2, 0.25) is 0 Å². The van der Waals surface area contributed by atoms with Gasteiger partial charge in [-0.15, -0.1) is 5.10 Å². The van der Waals surface area contributed by atoms with Crippen molar-refractivity contribution in [3.63, 3.8) is 0 Å². The van der Waals surface area contributed by atoms with E-state index >= 15 is 0 Å². The molecule has 0 spiro atoms. The number of hydrogen-bond acceptors (Lipinski definition) is 14. The van der Waals surface area contributed by atoms with Gasteiger partial charge in [0.25, 0.3) is 31.9 Å². The lowest BCUT2D eigenvalue weighted by atomic mass is 10.1. The summed E-state index contributed by atoms with van der Waals surface area (Å²) in [4.78, 5) is 36.6. The minimum atomic E-state index is -4.94. The fourth-order valence-corrected chi connectivity index (χ4v) is 7.84. The van der Waals surface area contributed by atoms with Crippen LogP contribution in [0.4, 0.5) is 0 Å². The summed E-state index contributed by atoms with van der Waals surface area (Å²) in [6.07, 6.45) is 10.8. The third-order valence-electron chi connectivity index (χ3n) is 10.0. The molecule has 0 bridgehead atoms. The third kappa shape index (κ3) is 11.3. The molecule has 0 aliphatic heterocycles. The average Bonchev–Trinajstić information content (AvgIpc) is 3.68. The maximum Gasteiger partial charge on any atom is 0.262 e. The molecule has 0 unspecified atom stereocenters. The Bertz CT molecular complexity index is 2990. The van der Waals surface area contributed by atoms with Crippen molar-refractivity contribution in [1.29, 1.82) is 0 Å². The molecule has 0 fully saturated rings. The molecule has 61 heavy (non-hydrogen) atoms. The molecule has 4 aromatic carbocycles. The van der Waals surface area contributed by atoms with Gasteiger partial charge in [-0.05, 0) is 85.6 Å². The van der Waals surface area contributed by atoms with Crippen molar-refractivity contribution in [2.45, 2.75) is 77.4 Å². The molecule has 0 aliphatic carbocycles. The Morgan fingerprint density at radius 1 is 0.525 bits per heavy atom. The first-order valence-electron chi connectivity index (χ1n) is 19.7. The molecule has 3 aromatic heterocycles. The van der Waals surface area contributed by atoms with Crippen molar-refractivity contribution in [1.82, 2.24) is 34.1 Å². The van der Waals surface area contributed by atoms with E-state index in [1.165, 1.54) is 41.0 Å². The van der Waals surface area contributed by atoms with Crippen molar-refractivity contribution in [2.75, 3.05) is 0 Å². The van der Waals surface area contributed by atoms with E-state index in [4.69, 9.17) is 9.97 Å². The molecule has 17 nitrogen and oxygen atoms in total. The Hall–Kier alpha value is -6.28. The summed E-state index contributed by atoms with van der Waals surface area (Å²) in [5.41, 5.74) is 2.27. The van der Waals surface area contributed by atoms with Gasteiger partial charge in [0.15, 0.2) is 0 Å². The quantitative estimate of drug-likeness (QED) is 0.0488. The number of aryl methyl sites for hydroxylation is 1. The van der Waals surface area contributed by atoms with Gasteiger partial charge in [0.1, 0.15) is 28.8 Å². The highest BCUT2D eigenvalue weighted by molar-refractivity contribution is 7.81. The van der Waals surface area contributed by atoms with Crippen molar-refractivity contribution in [2.24, 2.45) is 0 Å². The summed E-state index contributed by atoms with van der Waals surface area (Å²) in [5, 5.41) is 9.52. The van der Waals surface area contributed by atoms with Gasteiger partial charge < -0.3 is 17.5 Å². The highest BCUT2D eigenvalue weighted by Gasteiger charge is 2.16. The first-order valence-corrected chi connectivity index (χ1v) is 22.4. The normalized spacial score (nSPS) is 12.0. The first-order chi connectivity index (χ1) is 29.3. The Morgan fingerprint density at radius 2 is 0.951 bits per heavy atom. The van der Waals surface area contributed by atoms with E-state index in [-0.39, 0.29) is 29.2 Å². The molecule has 0 saturated carbocycles. The predicted octanol–water partition coefficient (Wildman–Crippen LogP) is 5.97. The smallest absolute Gasteiger partial charge is 0.262 e. The largest absolute Gasteiger partial charge is 0.716 e. The summed E-state index contributed by atoms with van der Waals surface area (Å²) in [6, 6.07) is 25.6. The van der Waals surface area contributed by atoms with Crippen LogP contribution in [0.3, 0.4) is 0 Å². The maximum atomic E-state index is 13.7. The topological polar surface area (TPSA) is 233 Å². The number of aromatic nitrogens is 7. The van der Waals surface area contributed by atoms with Crippen LogP contribution in [-0.2, 0) is 40.4 Å². The van der Waals surface area contributed by atoms with Crippen LogP contribution in [0, 0.1) is 0 Å². The van der Waals surface area contributed by atoms with E-state index in [2.05, 4.69) is 18.7 Å². The van der Waals surface area contributed by atoms with Crippen molar-refractivity contribution < 1.29 is 34.3 Å². The lowest BCUT2D eigenvalue weighted by Crippen LogP contribution is -2.24. The van der Waals surface area contributed by atoms with Crippen LogP contribution in [0.1, 0.15) is 63.5 Å². The average molecular weight is 868 g/mol. The predicted molar refractivity (Wildman–Crippen MR) is 224 cm³/mol. The van der Waals surface area contributed by atoms with E-state index in [9.17, 15) is 35.5 Å². The number of fused-ring (bicyclic) bond motifs is 2. The number of rotatable bonds is 20. The second kappa shape index (κ2) is 19.0. The standard InChI is InChI=1S/C42H43N7O10S2/c50-41-35-14-8-10-16-37(35)43-39(30-18-22-33(23-19-30)58-60(52,53)54)48(41)27-13-7-5-3-1-2-4-6-12-26-47-28-32(45-46-47)29-49-40(44-38-17-11-9-15-36(38)42(49)51)31-20-24-34(25-21-31)59-61(55,56)57/h8-11,14-25,28H,1-7,12-13,26-27,29H2,(H,52,53,54)(H,55,56,57)/p-2. The molecule has 3 heterocycles. The summed E-state index contributed by atoms with van der Waals surface area (Å²) >= 11 is 0. The van der Waals surface area contributed by atoms with Crippen LogP contribution in [0.15, 0.2) is 113 Å². The SMILES string of the molecule is O=c1c2ccccc2nc(-c2ccc(OS(=O)(=O)[O-])cc2)n1CCCCCCCCCCCn1cc(Cn2c(-c3ccc(OS(=O)(=O)[O-])cc3)nc3ccccc3c2=O)nn1. The molecule has 7 rings (SSSR count). The molecule has 7 aromatic rings. The number of para-hydroxylation sites is 2. The molecular weight excluding hydrogens is 827 g/mol. The van der Waals surface area contributed by atoms with Crippen LogP contribution in [0.5, 0.6) is 11.5 Å². The molecule has 0 N–H and O–H groups in total. The summed E-state index contributed by atoms with van der Waals surface area (Å²) in [6.45, 7) is 1.23. The number of nitrogens with zero attached hydrogens (tertiary/aromatic N) is 7. The van der Waals surface area contributed by atoms with E-state index in [0.29, 0.717) is 63.4 Å². The Kier molecular flexibility index (Phi) is 13.3. The van der Waals surface area contributed by atoms with Gasteiger partial charge in [0, 0.05) is 24.2 Å². The molecule has 0 radical (unpaired) electrons. The highest BCUT2D eigenvalue weighted by atomic mass is 32.3. The van der Waals surface area contributed by atoms with Gasteiger partial charge in [0.2, 0.25) is 0 Å². The second-order valence-electron chi connectivity index (χ2n) is 14.4. The van der Waals surface area contributed by atoms with Crippen molar-refractivity contribution >= 4 is 42.6 Å². The molecule has 0 aliphatic rings. The molecule has 19 heteroatoms. The van der Waals surface area contributed by atoms with Gasteiger partial charge in [-0.2, -0.15) is 0 Å². The van der Waals surface area contributed by atoms with Crippen LogP contribution < -0.4 is 19.5 Å². The second-order valence-corrected chi connectivity index (χ2v) is 16.4. The van der Waals surface area contributed by atoms with Gasteiger partial charge in [-0.25, -0.2) is 26.8 Å². The van der Waals surface area contributed by atoms with E-state index in [0.717, 1.165) is 57.8 Å². The fourth-order valence-electron chi connectivity index (χ4n) is 7.15.